The molecule has 1 aromatic rings. The zero-order valence-corrected chi connectivity index (χ0v) is 9.64. The molecule has 0 aromatic carbocycles. The van der Waals surface area contributed by atoms with Crippen molar-refractivity contribution in [3.8, 4) is 0 Å². The van der Waals surface area contributed by atoms with E-state index in [0.717, 1.165) is 5.56 Å². The molecule has 1 aromatic heterocycles. The number of aliphatic carboxylic acids is 1. The van der Waals surface area contributed by atoms with Gasteiger partial charge in [-0.05, 0) is 18.6 Å². The number of carboxylic acids is 1. The normalized spacial score (nSPS) is 11.9. The van der Waals surface area contributed by atoms with Crippen LogP contribution in [0.5, 0.6) is 0 Å². The van der Waals surface area contributed by atoms with Crippen LogP contribution in [0, 0.1) is 6.92 Å². The molecule has 0 aliphatic heterocycles. The second kappa shape index (κ2) is 5.95. The van der Waals surface area contributed by atoms with Crippen LogP contribution in [0.3, 0.4) is 0 Å². The van der Waals surface area contributed by atoms with Crippen molar-refractivity contribution in [2.45, 2.75) is 13.0 Å². The summed E-state index contributed by atoms with van der Waals surface area (Å²) in [6, 6.07) is 3.48. The number of hydrogen-bond acceptors (Lipinski definition) is 4. The molecule has 6 nitrogen and oxygen atoms in total. The van der Waals surface area contributed by atoms with Gasteiger partial charge in [0.05, 0.1) is 6.54 Å². The van der Waals surface area contributed by atoms with Gasteiger partial charge in [0.25, 0.3) is 5.91 Å². The van der Waals surface area contributed by atoms with Crippen LogP contribution in [0.4, 0.5) is 0 Å². The van der Waals surface area contributed by atoms with Crippen LogP contribution in [0.2, 0.25) is 0 Å². The third-order valence-corrected chi connectivity index (χ3v) is 2.23. The third kappa shape index (κ3) is 3.53. The largest absolute Gasteiger partial charge is 0.479 e. The molecule has 1 atom stereocenters. The first-order valence-corrected chi connectivity index (χ1v) is 5.01. The van der Waals surface area contributed by atoms with E-state index in [1.54, 1.807) is 19.1 Å². The van der Waals surface area contributed by atoms with Gasteiger partial charge >= 0.3 is 5.97 Å². The van der Waals surface area contributed by atoms with E-state index in [1.165, 1.54) is 13.3 Å². The molecule has 0 aliphatic rings. The maximum absolute atomic E-state index is 11.7. The lowest BCUT2D eigenvalue weighted by Gasteiger charge is -2.11. The number of aromatic nitrogens is 1. The highest BCUT2D eigenvalue weighted by molar-refractivity contribution is 5.93. The van der Waals surface area contributed by atoms with Gasteiger partial charge in [-0.25, -0.2) is 4.79 Å². The highest BCUT2D eigenvalue weighted by atomic mass is 16.5. The van der Waals surface area contributed by atoms with Crippen LogP contribution in [0.1, 0.15) is 16.1 Å². The summed E-state index contributed by atoms with van der Waals surface area (Å²) in [4.78, 5) is 26.3. The van der Waals surface area contributed by atoms with Gasteiger partial charge in [0.15, 0.2) is 6.10 Å². The lowest BCUT2D eigenvalue weighted by molar-refractivity contribution is -0.148. The van der Waals surface area contributed by atoms with Gasteiger partial charge in [0.1, 0.15) is 5.69 Å². The fourth-order valence-electron chi connectivity index (χ4n) is 1.26. The zero-order valence-electron chi connectivity index (χ0n) is 9.64. The predicted octanol–water partition coefficient (Wildman–Crippen LogP) is 0.219. The molecule has 6 heteroatoms. The lowest BCUT2D eigenvalue weighted by Crippen LogP contribution is -2.38. The van der Waals surface area contributed by atoms with E-state index in [-0.39, 0.29) is 12.2 Å². The van der Waals surface area contributed by atoms with E-state index in [4.69, 9.17) is 9.84 Å². The summed E-state index contributed by atoms with van der Waals surface area (Å²) in [5, 5.41) is 11.2. The maximum Gasteiger partial charge on any atom is 0.334 e. The number of amides is 1. The van der Waals surface area contributed by atoms with Gasteiger partial charge in [0.2, 0.25) is 0 Å². The summed E-state index contributed by atoms with van der Waals surface area (Å²) in [5.41, 5.74) is 1.02. The Morgan fingerprint density at radius 3 is 2.82 bits per heavy atom. The number of carbonyl (C=O) groups excluding carboxylic acids is 1. The minimum absolute atomic E-state index is 0.0965. The topological polar surface area (TPSA) is 88.5 Å². The summed E-state index contributed by atoms with van der Waals surface area (Å²) in [6.07, 6.45) is 0.454. The van der Waals surface area contributed by atoms with E-state index < -0.39 is 18.0 Å². The number of aryl methyl sites for hydroxylation is 1. The van der Waals surface area contributed by atoms with Crippen LogP contribution in [0.25, 0.3) is 0 Å². The Morgan fingerprint density at radius 2 is 2.29 bits per heavy atom. The second-order valence-electron chi connectivity index (χ2n) is 3.44. The summed E-state index contributed by atoms with van der Waals surface area (Å²) >= 11 is 0. The Morgan fingerprint density at radius 1 is 1.59 bits per heavy atom. The molecule has 0 spiro atoms. The molecule has 2 N–H and O–H groups in total. The van der Waals surface area contributed by atoms with Gasteiger partial charge in [-0.2, -0.15) is 0 Å². The number of rotatable bonds is 5. The highest BCUT2D eigenvalue weighted by Crippen LogP contribution is 2.02. The first-order valence-electron chi connectivity index (χ1n) is 5.01. The molecule has 1 amide bonds. The number of carbonyl (C=O) groups is 2. The Hall–Kier alpha value is -1.95. The van der Waals surface area contributed by atoms with Crippen molar-refractivity contribution in [3.05, 3.63) is 29.6 Å². The smallest absolute Gasteiger partial charge is 0.334 e. The molecule has 0 aliphatic carbocycles. The van der Waals surface area contributed by atoms with Crippen molar-refractivity contribution in [2.75, 3.05) is 13.7 Å². The van der Waals surface area contributed by atoms with Crippen LogP contribution >= 0.6 is 0 Å². The Balaban J connectivity index is 2.62. The van der Waals surface area contributed by atoms with Crippen LogP contribution in [-0.4, -0.2) is 41.7 Å². The quantitative estimate of drug-likeness (QED) is 0.766. The standard InChI is InChI=1S/C11H14N2O4/c1-7-4-3-5-12-9(7)10(14)13-6-8(17-2)11(15)16/h3-5,8H,6H2,1-2H3,(H,13,14)(H,15,16). The van der Waals surface area contributed by atoms with Crippen molar-refractivity contribution >= 4 is 11.9 Å². The molecule has 0 fully saturated rings. The minimum atomic E-state index is -1.12. The Bertz CT molecular complexity index is 420. The average Bonchev–Trinajstić information content (AvgIpc) is 2.29. The number of carboxylic acid groups (broad SMARTS) is 1. The molecule has 0 saturated heterocycles. The fraction of sp³-hybridized carbons (Fsp3) is 0.364. The molecule has 1 rings (SSSR count). The number of methoxy groups -OCH3 is 1. The molecule has 1 unspecified atom stereocenters. The molecule has 0 saturated carbocycles. The number of hydrogen-bond donors (Lipinski definition) is 2. The molecule has 17 heavy (non-hydrogen) atoms. The van der Waals surface area contributed by atoms with E-state index in [1.807, 2.05) is 0 Å². The summed E-state index contributed by atoms with van der Waals surface area (Å²) < 4.78 is 4.69. The molecule has 92 valence electrons. The van der Waals surface area contributed by atoms with Crippen molar-refractivity contribution < 1.29 is 19.4 Å². The van der Waals surface area contributed by atoms with Crippen molar-refractivity contribution in [1.82, 2.24) is 10.3 Å². The minimum Gasteiger partial charge on any atom is -0.479 e. The molecule has 0 bridgehead atoms. The van der Waals surface area contributed by atoms with Gasteiger partial charge < -0.3 is 15.2 Å². The van der Waals surface area contributed by atoms with Gasteiger partial charge in [-0.3, -0.25) is 9.78 Å². The lowest BCUT2D eigenvalue weighted by atomic mass is 10.2. The van der Waals surface area contributed by atoms with Crippen LogP contribution in [-0.2, 0) is 9.53 Å². The summed E-state index contributed by atoms with van der Waals surface area (Å²) in [5.74, 6) is -1.53. The zero-order chi connectivity index (χ0) is 12.8. The van der Waals surface area contributed by atoms with Gasteiger partial charge in [-0.1, -0.05) is 6.07 Å². The van der Waals surface area contributed by atoms with Crippen molar-refractivity contribution in [1.29, 1.82) is 0 Å². The average molecular weight is 238 g/mol. The van der Waals surface area contributed by atoms with Gasteiger partial charge in [0, 0.05) is 13.3 Å². The van der Waals surface area contributed by atoms with Crippen molar-refractivity contribution in [2.24, 2.45) is 0 Å². The maximum atomic E-state index is 11.7. The van der Waals surface area contributed by atoms with Crippen molar-refractivity contribution in [3.63, 3.8) is 0 Å². The van der Waals surface area contributed by atoms with E-state index in [0.29, 0.717) is 0 Å². The predicted molar refractivity (Wildman–Crippen MR) is 59.7 cm³/mol. The summed E-state index contributed by atoms with van der Waals surface area (Å²) in [7, 11) is 1.27. The molecular formula is C11H14N2O4. The Labute approximate surface area is 98.6 Å². The van der Waals surface area contributed by atoms with E-state index in [9.17, 15) is 9.59 Å². The molecular weight excluding hydrogens is 224 g/mol. The first-order chi connectivity index (χ1) is 8.06. The highest BCUT2D eigenvalue weighted by Gasteiger charge is 2.18. The van der Waals surface area contributed by atoms with E-state index in [2.05, 4.69) is 10.3 Å². The second-order valence-corrected chi connectivity index (χ2v) is 3.44. The SMILES string of the molecule is COC(CNC(=O)c1ncccc1C)C(=O)O. The van der Waals surface area contributed by atoms with Gasteiger partial charge in [-0.15, -0.1) is 0 Å². The number of pyridine rings is 1. The monoisotopic (exact) mass is 238 g/mol. The molecule has 1 heterocycles. The van der Waals surface area contributed by atoms with Crippen LogP contribution in [0.15, 0.2) is 18.3 Å². The fourth-order valence-corrected chi connectivity index (χ4v) is 1.26. The number of nitrogens with one attached hydrogen (secondary N) is 1. The Kier molecular flexibility index (Phi) is 4.59. The number of ether oxygens (including phenoxy) is 1. The third-order valence-electron chi connectivity index (χ3n) is 2.23. The van der Waals surface area contributed by atoms with E-state index >= 15 is 0 Å². The van der Waals surface area contributed by atoms with Crippen LogP contribution < -0.4 is 5.32 Å². The summed E-state index contributed by atoms with van der Waals surface area (Å²) in [6.45, 7) is 1.66. The number of nitrogens with zero attached hydrogens (tertiary/aromatic N) is 1. The molecule has 0 radical (unpaired) electrons. The first kappa shape index (κ1) is 13.1.